The zero-order valence-electron chi connectivity index (χ0n) is 13.3. The molecule has 6 heteroatoms. The molecule has 0 saturated carbocycles. The summed E-state index contributed by atoms with van der Waals surface area (Å²) in [6, 6.07) is 18.3. The SMILES string of the molecule is O=C1OC(c2cccc(Br)c2)=N/C1=C\c1ccc(-c2ccccc2Cl)o1. The van der Waals surface area contributed by atoms with Gasteiger partial charge in [-0.3, -0.25) is 0 Å². The Morgan fingerprint density at radius 2 is 1.88 bits per heavy atom. The first-order valence-corrected chi connectivity index (χ1v) is 8.90. The summed E-state index contributed by atoms with van der Waals surface area (Å²) in [4.78, 5) is 16.4. The van der Waals surface area contributed by atoms with E-state index in [1.807, 2.05) is 42.5 Å². The Bertz CT molecular complexity index is 1070. The van der Waals surface area contributed by atoms with E-state index >= 15 is 0 Å². The van der Waals surface area contributed by atoms with Crippen LogP contribution in [0.4, 0.5) is 0 Å². The third kappa shape index (κ3) is 3.36. The zero-order chi connectivity index (χ0) is 18.1. The Labute approximate surface area is 162 Å². The van der Waals surface area contributed by atoms with E-state index < -0.39 is 5.97 Å². The Morgan fingerprint density at radius 3 is 2.69 bits per heavy atom. The van der Waals surface area contributed by atoms with Crippen LogP contribution in [0.5, 0.6) is 0 Å². The van der Waals surface area contributed by atoms with Crippen molar-refractivity contribution in [2.75, 3.05) is 0 Å². The van der Waals surface area contributed by atoms with E-state index in [1.165, 1.54) is 0 Å². The summed E-state index contributed by atoms with van der Waals surface area (Å²) in [6.07, 6.45) is 1.55. The predicted molar refractivity (Wildman–Crippen MR) is 104 cm³/mol. The zero-order valence-corrected chi connectivity index (χ0v) is 15.6. The lowest BCUT2D eigenvalue weighted by atomic mass is 10.2. The minimum absolute atomic E-state index is 0.181. The van der Waals surface area contributed by atoms with Crippen LogP contribution in [0.15, 0.2) is 80.2 Å². The molecule has 0 amide bonds. The lowest BCUT2D eigenvalue weighted by Gasteiger charge is -1.99. The molecule has 0 fully saturated rings. The van der Waals surface area contributed by atoms with E-state index in [1.54, 1.807) is 24.3 Å². The maximum atomic E-state index is 12.1. The molecule has 0 aliphatic carbocycles. The van der Waals surface area contributed by atoms with Crippen molar-refractivity contribution in [2.45, 2.75) is 0 Å². The van der Waals surface area contributed by atoms with Gasteiger partial charge in [0.05, 0.1) is 5.02 Å². The molecule has 1 aliphatic heterocycles. The van der Waals surface area contributed by atoms with Gasteiger partial charge < -0.3 is 9.15 Å². The van der Waals surface area contributed by atoms with E-state index in [0.29, 0.717) is 22.1 Å². The Hall–Kier alpha value is -2.63. The maximum absolute atomic E-state index is 12.1. The molecule has 2 heterocycles. The highest BCUT2D eigenvalue weighted by atomic mass is 79.9. The lowest BCUT2D eigenvalue weighted by Crippen LogP contribution is -2.05. The van der Waals surface area contributed by atoms with Gasteiger partial charge in [-0.1, -0.05) is 45.7 Å². The molecule has 0 N–H and O–H groups in total. The number of cyclic esters (lactones) is 1. The van der Waals surface area contributed by atoms with Crippen molar-refractivity contribution in [2.24, 2.45) is 4.99 Å². The van der Waals surface area contributed by atoms with Crippen LogP contribution in [-0.4, -0.2) is 11.9 Å². The van der Waals surface area contributed by atoms with Gasteiger partial charge in [-0.2, -0.15) is 0 Å². The number of esters is 1. The molecule has 0 saturated heterocycles. The molecule has 1 aromatic heterocycles. The van der Waals surface area contributed by atoms with Gasteiger partial charge in [-0.15, -0.1) is 0 Å². The number of hydrogen-bond acceptors (Lipinski definition) is 4. The van der Waals surface area contributed by atoms with Gasteiger partial charge in [0.15, 0.2) is 5.70 Å². The van der Waals surface area contributed by atoms with Crippen LogP contribution in [0.2, 0.25) is 5.02 Å². The second kappa shape index (κ2) is 6.94. The average Bonchev–Trinajstić information content (AvgIpc) is 3.23. The van der Waals surface area contributed by atoms with Gasteiger partial charge in [0.1, 0.15) is 11.5 Å². The van der Waals surface area contributed by atoms with Gasteiger partial charge in [-0.05, 0) is 42.5 Å². The summed E-state index contributed by atoms with van der Waals surface area (Å²) in [5, 5.41) is 0.594. The number of benzene rings is 2. The quantitative estimate of drug-likeness (QED) is 0.397. The first-order chi connectivity index (χ1) is 12.6. The summed E-state index contributed by atoms with van der Waals surface area (Å²) in [5.41, 5.74) is 1.68. The molecule has 4 nitrogen and oxygen atoms in total. The third-order valence-corrected chi connectivity index (χ3v) is 4.56. The average molecular weight is 429 g/mol. The minimum atomic E-state index is -0.518. The number of ether oxygens (including phenoxy) is 1. The van der Waals surface area contributed by atoms with Crippen LogP contribution >= 0.6 is 27.5 Å². The Balaban J connectivity index is 1.64. The second-order valence-corrected chi connectivity index (χ2v) is 6.85. The smallest absolute Gasteiger partial charge is 0.363 e. The number of furan rings is 1. The fraction of sp³-hybridized carbons (Fsp3) is 0. The lowest BCUT2D eigenvalue weighted by molar-refractivity contribution is -0.129. The molecule has 0 spiro atoms. The van der Waals surface area contributed by atoms with Crippen molar-refractivity contribution in [3.63, 3.8) is 0 Å². The van der Waals surface area contributed by atoms with Crippen LogP contribution in [0.3, 0.4) is 0 Å². The van der Waals surface area contributed by atoms with Gasteiger partial charge >= 0.3 is 5.97 Å². The first kappa shape index (κ1) is 16.8. The third-order valence-electron chi connectivity index (χ3n) is 3.74. The standard InChI is InChI=1S/C20H11BrClNO3/c21-13-5-3-4-12(10-13)19-23-17(20(24)26-19)11-14-8-9-18(25-14)15-6-1-2-7-16(15)22/h1-11H/b17-11-. The summed E-state index contributed by atoms with van der Waals surface area (Å²) < 4.78 is 11.9. The fourth-order valence-corrected chi connectivity index (χ4v) is 3.15. The molecule has 2 aromatic carbocycles. The molecule has 0 atom stereocenters. The fourth-order valence-electron chi connectivity index (χ4n) is 2.53. The molecule has 128 valence electrons. The molecule has 0 radical (unpaired) electrons. The summed E-state index contributed by atoms with van der Waals surface area (Å²) in [6.45, 7) is 0. The van der Waals surface area contributed by atoms with Gasteiger partial charge in [0.25, 0.3) is 0 Å². The summed E-state index contributed by atoms with van der Waals surface area (Å²) in [5.74, 6) is 0.854. The number of carbonyl (C=O) groups is 1. The summed E-state index contributed by atoms with van der Waals surface area (Å²) >= 11 is 9.57. The highest BCUT2D eigenvalue weighted by Crippen LogP contribution is 2.30. The van der Waals surface area contributed by atoms with Crippen molar-refractivity contribution in [1.82, 2.24) is 0 Å². The monoisotopic (exact) mass is 427 g/mol. The van der Waals surface area contributed by atoms with Crippen molar-refractivity contribution in [1.29, 1.82) is 0 Å². The Kier molecular flexibility index (Phi) is 4.49. The van der Waals surface area contributed by atoms with Crippen LogP contribution < -0.4 is 0 Å². The first-order valence-electron chi connectivity index (χ1n) is 7.73. The van der Waals surface area contributed by atoms with Gasteiger partial charge in [0, 0.05) is 21.7 Å². The van der Waals surface area contributed by atoms with E-state index in [4.69, 9.17) is 20.8 Å². The van der Waals surface area contributed by atoms with Gasteiger partial charge in [0.2, 0.25) is 5.90 Å². The highest BCUT2D eigenvalue weighted by molar-refractivity contribution is 9.10. The Morgan fingerprint density at radius 1 is 1.04 bits per heavy atom. The topological polar surface area (TPSA) is 51.8 Å². The number of hydrogen-bond donors (Lipinski definition) is 0. The highest BCUT2D eigenvalue weighted by Gasteiger charge is 2.24. The molecule has 4 rings (SSSR count). The normalized spacial score (nSPS) is 15.2. The minimum Gasteiger partial charge on any atom is -0.457 e. The van der Waals surface area contributed by atoms with E-state index in [9.17, 15) is 4.79 Å². The second-order valence-electron chi connectivity index (χ2n) is 5.53. The number of nitrogens with zero attached hydrogens (tertiary/aromatic N) is 1. The molecule has 1 aliphatic rings. The molecular formula is C20H11BrClNO3. The number of aliphatic imine (C=N–C) groups is 1. The molecule has 0 bridgehead atoms. The van der Waals surface area contributed by atoms with Crippen LogP contribution in [-0.2, 0) is 9.53 Å². The largest absolute Gasteiger partial charge is 0.457 e. The molecule has 3 aromatic rings. The number of rotatable bonds is 3. The van der Waals surface area contributed by atoms with E-state index in [-0.39, 0.29) is 11.6 Å². The molecule has 0 unspecified atom stereocenters. The van der Waals surface area contributed by atoms with Crippen LogP contribution in [0.25, 0.3) is 17.4 Å². The molecular weight excluding hydrogens is 418 g/mol. The number of halogens is 2. The predicted octanol–water partition coefficient (Wildman–Crippen LogP) is 5.71. The number of carbonyl (C=O) groups excluding carboxylic acids is 1. The van der Waals surface area contributed by atoms with Crippen molar-refractivity contribution in [3.8, 4) is 11.3 Å². The van der Waals surface area contributed by atoms with E-state index in [0.717, 1.165) is 10.0 Å². The summed E-state index contributed by atoms with van der Waals surface area (Å²) in [7, 11) is 0. The van der Waals surface area contributed by atoms with Crippen LogP contribution in [0, 0.1) is 0 Å². The van der Waals surface area contributed by atoms with Crippen molar-refractivity contribution < 1.29 is 13.9 Å². The van der Waals surface area contributed by atoms with Crippen molar-refractivity contribution in [3.05, 3.63) is 87.2 Å². The van der Waals surface area contributed by atoms with E-state index in [2.05, 4.69) is 20.9 Å². The van der Waals surface area contributed by atoms with Crippen LogP contribution in [0.1, 0.15) is 11.3 Å². The maximum Gasteiger partial charge on any atom is 0.363 e. The van der Waals surface area contributed by atoms with Gasteiger partial charge in [-0.25, -0.2) is 9.79 Å². The molecule has 26 heavy (non-hydrogen) atoms. The van der Waals surface area contributed by atoms with Crippen molar-refractivity contribution >= 4 is 45.5 Å².